The molecule has 1 aromatic carbocycles. The lowest BCUT2D eigenvalue weighted by molar-refractivity contribution is 0.0922. The Bertz CT molecular complexity index is 936. The van der Waals surface area contributed by atoms with E-state index in [0.717, 1.165) is 24.5 Å². The maximum Gasteiger partial charge on any atom is 0.269 e. The molecule has 0 aliphatic heterocycles. The van der Waals surface area contributed by atoms with Crippen LogP contribution in [0.5, 0.6) is 5.75 Å². The Balaban J connectivity index is 1.50. The van der Waals surface area contributed by atoms with Crippen LogP contribution in [-0.4, -0.2) is 40.3 Å². The van der Waals surface area contributed by atoms with Crippen molar-refractivity contribution in [1.29, 1.82) is 0 Å². The quantitative estimate of drug-likeness (QED) is 0.583. The Morgan fingerprint density at radius 2 is 2.10 bits per heavy atom. The highest BCUT2D eigenvalue weighted by Gasteiger charge is 2.13. The molecule has 1 atom stereocenters. The lowest BCUT2D eigenvalue weighted by Crippen LogP contribution is -2.34. The van der Waals surface area contributed by atoms with Crippen molar-refractivity contribution in [3.63, 3.8) is 0 Å². The maximum absolute atomic E-state index is 12.3. The SMILES string of the molecule is Cc1cc(C(=O)NC[C@H](C)Oc2cccc(CN(C)Cc3cccs3)c2)n(C)n1. The monoisotopic (exact) mass is 412 g/mol. The first-order valence-electron chi connectivity index (χ1n) is 9.66. The zero-order chi connectivity index (χ0) is 20.8. The van der Waals surface area contributed by atoms with Gasteiger partial charge in [-0.2, -0.15) is 5.10 Å². The highest BCUT2D eigenvalue weighted by atomic mass is 32.1. The zero-order valence-corrected chi connectivity index (χ0v) is 18.2. The van der Waals surface area contributed by atoms with Gasteiger partial charge in [-0.3, -0.25) is 14.4 Å². The third-order valence-electron chi connectivity index (χ3n) is 4.48. The second-order valence-corrected chi connectivity index (χ2v) is 8.36. The molecule has 3 aromatic rings. The number of carbonyl (C=O) groups is 1. The van der Waals surface area contributed by atoms with Gasteiger partial charge in [0.1, 0.15) is 17.5 Å². The van der Waals surface area contributed by atoms with Crippen LogP contribution in [0.3, 0.4) is 0 Å². The first kappa shape index (κ1) is 21.1. The van der Waals surface area contributed by atoms with E-state index in [-0.39, 0.29) is 12.0 Å². The van der Waals surface area contributed by atoms with E-state index >= 15 is 0 Å². The van der Waals surface area contributed by atoms with Gasteiger partial charge < -0.3 is 10.1 Å². The molecule has 0 aliphatic rings. The van der Waals surface area contributed by atoms with Gasteiger partial charge in [-0.25, -0.2) is 0 Å². The van der Waals surface area contributed by atoms with E-state index in [2.05, 4.69) is 52.0 Å². The molecule has 2 heterocycles. The van der Waals surface area contributed by atoms with Crippen LogP contribution in [0.2, 0.25) is 0 Å². The molecule has 29 heavy (non-hydrogen) atoms. The Morgan fingerprint density at radius 1 is 1.28 bits per heavy atom. The van der Waals surface area contributed by atoms with Crippen LogP contribution in [0.15, 0.2) is 47.8 Å². The van der Waals surface area contributed by atoms with Crippen LogP contribution in [0.1, 0.15) is 33.5 Å². The first-order valence-corrected chi connectivity index (χ1v) is 10.5. The largest absolute Gasteiger partial charge is 0.489 e. The van der Waals surface area contributed by atoms with Crippen molar-refractivity contribution in [1.82, 2.24) is 20.0 Å². The molecule has 1 amide bonds. The first-order chi connectivity index (χ1) is 13.9. The van der Waals surface area contributed by atoms with Crippen molar-refractivity contribution in [3.8, 4) is 5.75 Å². The summed E-state index contributed by atoms with van der Waals surface area (Å²) < 4.78 is 7.60. The van der Waals surface area contributed by atoms with Gasteiger partial charge in [0, 0.05) is 25.0 Å². The Morgan fingerprint density at radius 3 is 2.79 bits per heavy atom. The predicted octanol–water partition coefficient (Wildman–Crippen LogP) is 3.62. The van der Waals surface area contributed by atoms with Gasteiger partial charge in [0.15, 0.2) is 0 Å². The molecule has 0 radical (unpaired) electrons. The molecule has 3 rings (SSSR count). The number of aryl methyl sites for hydroxylation is 2. The minimum Gasteiger partial charge on any atom is -0.489 e. The number of aromatic nitrogens is 2. The van der Waals surface area contributed by atoms with Crippen molar-refractivity contribution in [3.05, 3.63) is 69.7 Å². The molecule has 7 heteroatoms. The average Bonchev–Trinajstić information content (AvgIpc) is 3.29. The summed E-state index contributed by atoms with van der Waals surface area (Å²) in [4.78, 5) is 15.9. The molecule has 0 bridgehead atoms. The number of nitrogens with zero attached hydrogens (tertiary/aromatic N) is 3. The number of ether oxygens (including phenoxy) is 1. The van der Waals surface area contributed by atoms with Gasteiger partial charge in [-0.15, -0.1) is 11.3 Å². The van der Waals surface area contributed by atoms with E-state index in [1.54, 1.807) is 29.1 Å². The standard InChI is InChI=1S/C22H28N4O2S/c1-16-11-21(26(4)24-16)22(27)23-13-17(2)28-19-8-5-7-18(12-19)14-25(3)15-20-9-6-10-29-20/h5-12,17H,13-15H2,1-4H3,(H,23,27)/t17-/m0/s1. The van der Waals surface area contributed by atoms with Crippen LogP contribution in [0, 0.1) is 6.92 Å². The van der Waals surface area contributed by atoms with Crippen molar-refractivity contribution < 1.29 is 9.53 Å². The summed E-state index contributed by atoms with van der Waals surface area (Å²) in [7, 11) is 3.88. The lowest BCUT2D eigenvalue weighted by atomic mass is 10.2. The van der Waals surface area contributed by atoms with E-state index in [0.29, 0.717) is 12.2 Å². The number of nitrogens with one attached hydrogen (secondary N) is 1. The van der Waals surface area contributed by atoms with Crippen LogP contribution < -0.4 is 10.1 Å². The van der Waals surface area contributed by atoms with E-state index in [4.69, 9.17) is 4.74 Å². The second kappa shape index (κ2) is 9.71. The van der Waals surface area contributed by atoms with Gasteiger partial charge in [-0.1, -0.05) is 18.2 Å². The highest BCUT2D eigenvalue weighted by molar-refractivity contribution is 7.09. The maximum atomic E-state index is 12.3. The van der Waals surface area contributed by atoms with E-state index in [9.17, 15) is 4.79 Å². The molecule has 2 aromatic heterocycles. The molecular weight excluding hydrogens is 384 g/mol. The molecule has 0 saturated heterocycles. The molecule has 0 fully saturated rings. The van der Waals surface area contributed by atoms with Gasteiger partial charge in [0.25, 0.3) is 5.91 Å². The fraction of sp³-hybridized carbons (Fsp3) is 0.364. The van der Waals surface area contributed by atoms with Gasteiger partial charge >= 0.3 is 0 Å². The predicted molar refractivity (Wildman–Crippen MR) is 116 cm³/mol. The molecule has 0 unspecified atom stereocenters. The van der Waals surface area contributed by atoms with E-state index in [1.165, 1.54) is 10.4 Å². The molecule has 0 saturated carbocycles. The number of benzene rings is 1. The normalized spacial score (nSPS) is 12.2. The molecule has 154 valence electrons. The molecule has 1 N–H and O–H groups in total. The van der Waals surface area contributed by atoms with Gasteiger partial charge in [0.2, 0.25) is 0 Å². The minimum atomic E-state index is -0.146. The zero-order valence-electron chi connectivity index (χ0n) is 17.4. The second-order valence-electron chi connectivity index (χ2n) is 7.33. The summed E-state index contributed by atoms with van der Waals surface area (Å²) in [5.74, 6) is 0.664. The van der Waals surface area contributed by atoms with Crippen molar-refractivity contribution >= 4 is 17.2 Å². The van der Waals surface area contributed by atoms with Crippen LogP contribution in [0.4, 0.5) is 0 Å². The van der Waals surface area contributed by atoms with Crippen molar-refractivity contribution in [2.45, 2.75) is 33.0 Å². The van der Waals surface area contributed by atoms with Gasteiger partial charge in [-0.05, 0) is 56.1 Å². The number of carbonyl (C=O) groups excluding carboxylic acids is 1. The summed E-state index contributed by atoms with van der Waals surface area (Å²) in [5.41, 5.74) is 2.57. The number of hydrogen-bond acceptors (Lipinski definition) is 5. The summed E-state index contributed by atoms with van der Waals surface area (Å²) in [6.07, 6.45) is -0.146. The Hall–Kier alpha value is -2.64. The van der Waals surface area contributed by atoms with Gasteiger partial charge in [0.05, 0.1) is 12.2 Å². The number of thiophene rings is 1. The smallest absolute Gasteiger partial charge is 0.269 e. The number of hydrogen-bond donors (Lipinski definition) is 1. The summed E-state index contributed by atoms with van der Waals surface area (Å²) >= 11 is 1.78. The Labute approximate surface area is 176 Å². The summed E-state index contributed by atoms with van der Waals surface area (Å²) in [5, 5.41) is 9.22. The molecule has 0 aliphatic carbocycles. The van der Waals surface area contributed by atoms with Crippen LogP contribution in [0.25, 0.3) is 0 Å². The third-order valence-corrected chi connectivity index (χ3v) is 5.34. The average molecular weight is 413 g/mol. The molecule has 6 nitrogen and oxygen atoms in total. The van der Waals surface area contributed by atoms with Crippen LogP contribution in [-0.2, 0) is 20.1 Å². The third kappa shape index (κ3) is 6.17. The summed E-state index contributed by atoms with van der Waals surface area (Å²) in [6.45, 7) is 6.02. The number of amides is 1. The fourth-order valence-corrected chi connectivity index (χ4v) is 3.96. The highest BCUT2D eigenvalue weighted by Crippen LogP contribution is 2.18. The van der Waals surface area contributed by atoms with E-state index in [1.807, 2.05) is 26.0 Å². The van der Waals surface area contributed by atoms with E-state index < -0.39 is 0 Å². The summed E-state index contributed by atoms with van der Waals surface area (Å²) in [6, 6.07) is 14.1. The topological polar surface area (TPSA) is 59.4 Å². The molecular formula is C22H28N4O2S. The fourth-order valence-electron chi connectivity index (χ4n) is 3.18. The Kier molecular flexibility index (Phi) is 7.06. The molecule has 0 spiro atoms. The lowest BCUT2D eigenvalue weighted by Gasteiger charge is -2.18. The van der Waals surface area contributed by atoms with Crippen molar-refractivity contribution in [2.75, 3.05) is 13.6 Å². The minimum absolute atomic E-state index is 0.146. The van der Waals surface area contributed by atoms with Crippen LogP contribution >= 0.6 is 11.3 Å². The van der Waals surface area contributed by atoms with Crippen molar-refractivity contribution in [2.24, 2.45) is 7.05 Å². The number of rotatable bonds is 9.